The minimum atomic E-state index is 0.636. The van der Waals surface area contributed by atoms with Crippen LogP contribution in [0.25, 0.3) is 93.0 Å². The van der Waals surface area contributed by atoms with Crippen molar-refractivity contribution in [3.8, 4) is 51.0 Å². The molecule has 5 heteroatoms. The molecule has 50 heavy (non-hydrogen) atoms. The van der Waals surface area contributed by atoms with Crippen LogP contribution < -0.4 is 0 Å². The summed E-state index contributed by atoms with van der Waals surface area (Å²) in [7, 11) is 0. The largest absolute Gasteiger partial charge is 0.308 e. The summed E-state index contributed by atoms with van der Waals surface area (Å²) in [5.41, 5.74) is 8.49. The first kappa shape index (κ1) is 28.6. The molecule has 0 saturated carbocycles. The number of thiophene rings is 1. The second kappa shape index (κ2) is 11.6. The Morgan fingerprint density at radius 2 is 0.920 bits per heavy atom. The molecule has 0 N–H and O–H groups in total. The summed E-state index contributed by atoms with van der Waals surface area (Å²) in [6.45, 7) is 0. The lowest BCUT2D eigenvalue weighted by atomic mass is 10.0. The highest BCUT2D eigenvalue weighted by Gasteiger charge is 2.22. The molecule has 0 aliphatic carbocycles. The molecule has 0 fully saturated rings. The van der Waals surface area contributed by atoms with E-state index in [4.69, 9.17) is 15.0 Å². The van der Waals surface area contributed by atoms with Crippen LogP contribution in [0.3, 0.4) is 0 Å². The average Bonchev–Trinajstić information content (AvgIpc) is 3.73. The van der Waals surface area contributed by atoms with Crippen LogP contribution in [0.5, 0.6) is 0 Å². The van der Waals surface area contributed by atoms with Gasteiger partial charge in [0.2, 0.25) is 0 Å². The molecule has 7 aromatic carbocycles. The second-order valence-electron chi connectivity index (χ2n) is 12.5. The third kappa shape index (κ3) is 4.71. The molecule has 0 aliphatic heterocycles. The van der Waals surface area contributed by atoms with Crippen molar-refractivity contribution in [1.82, 2.24) is 19.5 Å². The molecule has 0 radical (unpaired) electrons. The fourth-order valence-corrected chi connectivity index (χ4v) is 8.22. The zero-order chi connectivity index (χ0) is 33.0. The first-order valence-corrected chi connectivity index (χ1v) is 17.5. The molecular weight excluding hydrogens is 629 g/mol. The van der Waals surface area contributed by atoms with Gasteiger partial charge >= 0.3 is 0 Å². The third-order valence-electron chi connectivity index (χ3n) is 9.46. The van der Waals surface area contributed by atoms with Gasteiger partial charge in [0.25, 0.3) is 0 Å². The topological polar surface area (TPSA) is 43.6 Å². The molecule has 3 heterocycles. The summed E-state index contributed by atoms with van der Waals surface area (Å²) in [6.07, 6.45) is 0. The number of para-hydroxylation sites is 1. The van der Waals surface area contributed by atoms with Crippen LogP contribution in [-0.4, -0.2) is 19.5 Å². The van der Waals surface area contributed by atoms with Crippen molar-refractivity contribution in [2.75, 3.05) is 0 Å². The predicted octanol–water partition coefficient (Wildman–Crippen LogP) is 12.0. The van der Waals surface area contributed by atoms with Crippen molar-refractivity contribution in [3.63, 3.8) is 0 Å². The number of hydrogen-bond acceptors (Lipinski definition) is 4. The van der Waals surface area contributed by atoms with Crippen LogP contribution in [0.15, 0.2) is 170 Å². The van der Waals surface area contributed by atoms with E-state index < -0.39 is 0 Å². The Morgan fingerprint density at radius 1 is 0.360 bits per heavy atom. The average molecular weight is 657 g/mol. The summed E-state index contributed by atoms with van der Waals surface area (Å²) in [5.74, 6) is 1.92. The van der Waals surface area contributed by atoms with Crippen molar-refractivity contribution < 1.29 is 0 Å². The van der Waals surface area contributed by atoms with Crippen molar-refractivity contribution in [3.05, 3.63) is 170 Å². The van der Waals surface area contributed by atoms with Gasteiger partial charge in [-0.15, -0.1) is 11.3 Å². The van der Waals surface area contributed by atoms with Gasteiger partial charge in [0.15, 0.2) is 17.5 Å². The first-order valence-electron chi connectivity index (χ1n) is 16.7. The van der Waals surface area contributed by atoms with Crippen LogP contribution in [0.2, 0.25) is 0 Å². The van der Waals surface area contributed by atoms with Gasteiger partial charge in [0, 0.05) is 47.6 Å². The quantitative estimate of drug-likeness (QED) is 0.185. The lowest BCUT2D eigenvalue weighted by Gasteiger charge is -2.16. The highest BCUT2D eigenvalue weighted by atomic mass is 32.1. The van der Waals surface area contributed by atoms with Crippen LogP contribution >= 0.6 is 11.3 Å². The van der Waals surface area contributed by atoms with E-state index in [2.05, 4.69) is 138 Å². The van der Waals surface area contributed by atoms with Gasteiger partial charge in [-0.05, 0) is 41.5 Å². The first-order chi connectivity index (χ1) is 24.8. The van der Waals surface area contributed by atoms with E-state index in [1.807, 2.05) is 36.4 Å². The summed E-state index contributed by atoms with van der Waals surface area (Å²) in [6, 6.07) is 59.8. The summed E-state index contributed by atoms with van der Waals surface area (Å²) in [5, 5.41) is 4.87. The molecule has 0 aliphatic rings. The fraction of sp³-hybridized carbons (Fsp3) is 0. The number of rotatable bonds is 5. The van der Waals surface area contributed by atoms with Crippen molar-refractivity contribution in [1.29, 1.82) is 0 Å². The Balaban J connectivity index is 1.33. The van der Waals surface area contributed by atoms with Crippen molar-refractivity contribution in [2.24, 2.45) is 0 Å². The van der Waals surface area contributed by atoms with Gasteiger partial charge < -0.3 is 4.57 Å². The number of nitrogens with zero attached hydrogens (tertiary/aromatic N) is 4. The molecule has 3 aromatic heterocycles. The molecule has 0 bridgehead atoms. The maximum Gasteiger partial charge on any atom is 0.166 e. The molecule has 10 rings (SSSR count). The summed E-state index contributed by atoms with van der Waals surface area (Å²) < 4.78 is 4.86. The van der Waals surface area contributed by atoms with E-state index in [0.717, 1.165) is 33.4 Å². The SMILES string of the molecule is c1ccc(-c2ccc3c4ccccc4n(-c4cc5c(cc4-c4nc(-c6ccccc6)nc(-c6ccccc6)n4)sc4ccccc45)c3c2)cc1. The smallest absolute Gasteiger partial charge is 0.166 e. The van der Waals surface area contributed by atoms with Gasteiger partial charge in [0.05, 0.1) is 16.7 Å². The maximum absolute atomic E-state index is 5.23. The highest BCUT2D eigenvalue weighted by Crippen LogP contribution is 2.43. The van der Waals surface area contributed by atoms with Crippen molar-refractivity contribution >= 4 is 53.3 Å². The van der Waals surface area contributed by atoms with Crippen LogP contribution in [0.4, 0.5) is 0 Å². The Kier molecular flexibility index (Phi) is 6.64. The molecular formula is C45H28N4S. The van der Waals surface area contributed by atoms with Gasteiger partial charge in [-0.25, -0.2) is 15.0 Å². The molecule has 0 spiro atoms. The standard InChI is InChI=1S/C45H28N4S/c1-4-14-29(15-5-1)32-24-25-34-33-20-10-12-22-38(33)49(39(34)26-32)40-27-36-35-21-11-13-23-41(35)50-42(36)28-37(40)45-47-43(30-16-6-2-7-17-30)46-44(48-45)31-18-8-3-9-19-31/h1-28H. The minimum Gasteiger partial charge on any atom is -0.308 e. The molecule has 234 valence electrons. The van der Waals surface area contributed by atoms with Crippen LogP contribution in [-0.2, 0) is 0 Å². The van der Waals surface area contributed by atoms with E-state index in [1.54, 1.807) is 11.3 Å². The Bertz CT molecular complexity index is 2800. The Labute approximate surface area is 292 Å². The molecule has 0 amide bonds. The minimum absolute atomic E-state index is 0.636. The van der Waals surface area contributed by atoms with E-state index in [9.17, 15) is 0 Å². The zero-order valence-electron chi connectivity index (χ0n) is 26.9. The third-order valence-corrected chi connectivity index (χ3v) is 10.6. The highest BCUT2D eigenvalue weighted by molar-refractivity contribution is 7.25. The summed E-state index contributed by atoms with van der Waals surface area (Å²) in [4.78, 5) is 15.5. The number of fused-ring (bicyclic) bond motifs is 6. The Morgan fingerprint density at radius 3 is 1.62 bits per heavy atom. The fourth-order valence-electron chi connectivity index (χ4n) is 7.09. The van der Waals surface area contributed by atoms with Gasteiger partial charge in [-0.1, -0.05) is 140 Å². The molecule has 0 unspecified atom stereocenters. The predicted molar refractivity (Wildman–Crippen MR) is 209 cm³/mol. The lowest BCUT2D eigenvalue weighted by Crippen LogP contribution is -2.03. The second-order valence-corrected chi connectivity index (χ2v) is 13.5. The number of aromatic nitrogens is 4. The molecule has 0 saturated heterocycles. The van der Waals surface area contributed by atoms with Crippen molar-refractivity contribution in [2.45, 2.75) is 0 Å². The molecule has 10 aromatic rings. The number of benzene rings is 7. The summed E-state index contributed by atoms with van der Waals surface area (Å²) >= 11 is 1.80. The van der Waals surface area contributed by atoms with E-state index in [0.29, 0.717) is 17.5 Å². The van der Waals surface area contributed by atoms with Gasteiger partial charge in [0.1, 0.15) is 0 Å². The van der Waals surface area contributed by atoms with Gasteiger partial charge in [-0.2, -0.15) is 0 Å². The Hall–Kier alpha value is -6.43. The van der Waals surface area contributed by atoms with Crippen LogP contribution in [0, 0.1) is 0 Å². The van der Waals surface area contributed by atoms with E-state index in [1.165, 1.54) is 42.1 Å². The monoisotopic (exact) mass is 656 g/mol. The van der Waals surface area contributed by atoms with Crippen LogP contribution in [0.1, 0.15) is 0 Å². The van der Waals surface area contributed by atoms with Gasteiger partial charge in [-0.3, -0.25) is 0 Å². The normalized spacial score (nSPS) is 11.6. The zero-order valence-corrected chi connectivity index (χ0v) is 27.7. The lowest BCUT2D eigenvalue weighted by molar-refractivity contribution is 1.07. The number of hydrogen-bond donors (Lipinski definition) is 0. The molecule has 4 nitrogen and oxygen atoms in total. The maximum atomic E-state index is 5.23. The molecule has 0 atom stereocenters. The van der Waals surface area contributed by atoms with E-state index in [-0.39, 0.29) is 0 Å². The van der Waals surface area contributed by atoms with E-state index >= 15 is 0 Å².